The third kappa shape index (κ3) is 4.43. The molecule has 0 saturated heterocycles. The van der Waals surface area contributed by atoms with Crippen molar-refractivity contribution in [2.75, 3.05) is 18.2 Å². The van der Waals surface area contributed by atoms with Gasteiger partial charge in [0.2, 0.25) is 11.1 Å². The number of hydrogen-bond donors (Lipinski definition) is 2. The summed E-state index contributed by atoms with van der Waals surface area (Å²) in [5.41, 5.74) is 3.38. The largest absolute Gasteiger partial charge is 0.494 e. The summed E-state index contributed by atoms with van der Waals surface area (Å²) in [6, 6.07) is 15.9. The second-order valence-corrected chi connectivity index (χ2v) is 8.08. The molecule has 2 aromatic carbocycles. The van der Waals surface area contributed by atoms with Crippen molar-refractivity contribution in [2.45, 2.75) is 37.4 Å². The average Bonchev–Trinajstić information content (AvgIpc) is 3.14. The number of nitrogens with two attached hydrogens (primary N) is 1. The van der Waals surface area contributed by atoms with Crippen molar-refractivity contribution in [3.63, 3.8) is 0 Å². The van der Waals surface area contributed by atoms with E-state index in [-0.39, 0.29) is 17.7 Å². The summed E-state index contributed by atoms with van der Waals surface area (Å²) in [6.07, 6.45) is 3.11. The molecule has 1 aliphatic rings. The lowest BCUT2D eigenvalue weighted by Crippen LogP contribution is -2.32. The Bertz CT molecular complexity index is 1020. The highest BCUT2D eigenvalue weighted by molar-refractivity contribution is 7.99. The summed E-state index contributed by atoms with van der Waals surface area (Å²) in [5.74, 6) is 7.71. The normalized spacial score (nSPS) is 15.4. The van der Waals surface area contributed by atoms with Crippen LogP contribution < -0.4 is 15.9 Å². The van der Waals surface area contributed by atoms with E-state index in [2.05, 4.69) is 33.7 Å². The van der Waals surface area contributed by atoms with Crippen molar-refractivity contribution in [1.29, 1.82) is 0 Å². The predicted molar refractivity (Wildman–Crippen MR) is 118 cm³/mol. The lowest BCUT2D eigenvalue weighted by atomic mass is 9.88. The Hall–Kier alpha value is -3.00. The highest BCUT2D eigenvalue weighted by atomic mass is 32.2. The van der Waals surface area contributed by atoms with E-state index in [9.17, 15) is 4.79 Å². The first kappa shape index (κ1) is 20.3. The van der Waals surface area contributed by atoms with Crippen LogP contribution in [0.4, 0.5) is 0 Å². The topological polar surface area (TPSA) is 95.1 Å². The van der Waals surface area contributed by atoms with Crippen LogP contribution in [0.15, 0.2) is 53.7 Å². The van der Waals surface area contributed by atoms with E-state index in [1.165, 1.54) is 27.6 Å². The van der Waals surface area contributed by atoms with Crippen molar-refractivity contribution >= 4 is 17.7 Å². The summed E-state index contributed by atoms with van der Waals surface area (Å²) in [4.78, 5) is 12.5. The number of thioether (sulfide) groups is 1. The molecule has 1 aromatic heterocycles. The Balaban J connectivity index is 1.37. The molecular weight excluding hydrogens is 398 g/mol. The van der Waals surface area contributed by atoms with E-state index in [0.717, 1.165) is 30.6 Å². The highest BCUT2D eigenvalue weighted by Crippen LogP contribution is 2.30. The Morgan fingerprint density at radius 1 is 1.23 bits per heavy atom. The van der Waals surface area contributed by atoms with Crippen LogP contribution in [0.2, 0.25) is 0 Å². The molecule has 0 spiro atoms. The molecule has 1 heterocycles. The van der Waals surface area contributed by atoms with Gasteiger partial charge in [0.15, 0.2) is 5.82 Å². The molecule has 4 rings (SSSR count). The van der Waals surface area contributed by atoms with Gasteiger partial charge in [0.1, 0.15) is 5.75 Å². The number of nitrogens with zero attached hydrogens (tertiary/aromatic N) is 3. The number of aryl methyl sites for hydroxylation is 1. The average molecular weight is 424 g/mol. The molecule has 0 unspecified atom stereocenters. The standard InChI is InChI=1S/C22H25N5O2S/c1-2-29-17-12-10-16(11-13-17)21-25-26-22(27(21)23)30-14-20(28)24-19-9-5-7-15-6-3-4-8-18(15)19/h3-4,6,8,10-13,19H,2,5,7,9,14,23H2,1H3,(H,24,28)/t19-/m0/s1. The van der Waals surface area contributed by atoms with E-state index in [1.807, 2.05) is 37.3 Å². The van der Waals surface area contributed by atoms with Crippen molar-refractivity contribution in [2.24, 2.45) is 0 Å². The molecule has 0 saturated carbocycles. The molecule has 156 valence electrons. The number of carbonyl (C=O) groups is 1. The number of nitrogens with one attached hydrogen (secondary N) is 1. The first-order valence-corrected chi connectivity index (χ1v) is 11.1. The molecule has 0 bridgehead atoms. The molecule has 1 amide bonds. The fourth-order valence-electron chi connectivity index (χ4n) is 3.71. The molecule has 0 radical (unpaired) electrons. The van der Waals surface area contributed by atoms with E-state index in [1.54, 1.807) is 0 Å². The quantitative estimate of drug-likeness (QED) is 0.447. The van der Waals surface area contributed by atoms with Gasteiger partial charge in [-0.1, -0.05) is 36.0 Å². The molecule has 3 aromatic rings. The van der Waals surface area contributed by atoms with Gasteiger partial charge in [-0.2, -0.15) is 0 Å². The number of ether oxygens (including phenoxy) is 1. The molecule has 30 heavy (non-hydrogen) atoms. The monoisotopic (exact) mass is 423 g/mol. The first-order valence-electron chi connectivity index (χ1n) is 10.1. The van der Waals surface area contributed by atoms with Gasteiger partial charge < -0.3 is 15.9 Å². The zero-order valence-corrected chi connectivity index (χ0v) is 17.7. The molecule has 1 aliphatic carbocycles. The van der Waals surface area contributed by atoms with Gasteiger partial charge in [-0.15, -0.1) is 10.2 Å². The fourth-order valence-corrected chi connectivity index (χ4v) is 4.38. The van der Waals surface area contributed by atoms with Gasteiger partial charge in [0, 0.05) is 5.56 Å². The molecule has 0 aliphatic heterocycles. The summed E-state index contributed by atoms with van der Waals surface area (Å²) >= 11 is 1.28. The van der Waals surface area contributed by atoms with Crippen LogP contribution in [0.5, 0.6) is 5.75 Å². The summed E-state index contributed by atoms with van der Waals surface area (Å²) in [7, 11) is 0. The molecule has 8 heteroatoms. The fraction of sp³-hybridized carbons (Fsp3) is 0.318. The number of hydrogen-bond acceptors (Lipinski definition) is 6. The van der Waals surface area contributed by atoms with Crippen LogP contribution >= 0.6 is 11.8 Å². The van der Waals surface area contributed by atoms with E-state index < -0.39 is 0 Å². The van der Waals surface area contributed by atoms with E-state index in [4.69, 9.17) is 10.6 Å². The van der Waals surface area contributed by atoms with Gasteiger partial charge in [0.05, 0.1) is 18.4 Å². The van der Waals surface area contributed by atoms with Crippen LogP contribution in [0.3, 0.4) is 0 Å². The maximum absolute atomic E-state index is 12.5. The van der Waals surface area contributed by atoms with Crippen LogP contribution in [-0.4, -0.2) is 33.1 Å². The number of amides is 1. The predicted octanol–water partition coefficient (Wildman–Crippen LogP) is 3.34. The lowest BCUT2D eigenvalue weighted by Gasteiger charge is -2.26. The number of carbonyl (C=O) groups excluding carboxylic acids is 1. The zero-order valence-electron chi connectivity index (χ0n) is 16.9. The van der Waals surface area contributed by atoms with Crippen LogP contribution in [-0.2, 0) is 11.2 Å². The number of nitrogen functional groups attached to an aromatic ring is 1. The number of benzene rings is 2. The minimum atomic E-state index is -0.0349. The summed E-state index contributed by atoms with van der Waals surface area (Å²) in [5, 5.41) is 12.0. The van der Waals surface area contributed by atoms with Crippen molar-refractivity contribution in [1.82, 2.24) is 20.2 Å². The van der Waals surface area contributed by atoms with Crippen LogP contribution in [0, 0.1) is 0 Å². The van der Waals surface area contributed by atoms with Crippen molar-refractivity contribution in [3.05, 3.63) is 59.7 Å². The Morgan fingerprint density at radius 2 is 2.03 bits per heavy atom. The van der Waals surface area contributed by atoms with Crippen molar-refractivity contribution in [3.8, 4) is 17.1 Å². The number of fused-ring (bicyclic) bond motifs is 1. The third-order valence-electron chi connectivity index (χ3n) is 5.13. The summed E-state index contributed by atoms with van der Waals surface area (Å²) < 4.78 is 6.88. The minimum absolute atomic E-state index is 0.0349. The first-order chi connectivity index (χ1) is 14.7. The lowest BCUT2D eigenvalue weighted by molar-refractivity contribution is -0.119. The smallest absolute Gasteiger partial charge is 0.230 e. The second kappa shape index (κ2) is 9.21. The second-order valence-electron chi connectivity index (χ2n) is 7.13. The van der Waals surface area contributed by atoms with Crippen LogP contribution in [0.25, 0.3) is 11.4 Å². The van der Waals surface area contributed by atoms with E-state index in [0.29, 0.717) is 17.6 Å². The van der Waals surface area contributed by atoms with Gasteiger partial charge in [0.25, 0.3) is 0 Å². The van der Waals surface area contributed by atoms with E-state index >= 15 is 0 Å². The van der Waals surface area contributed by atoms with Gasteiger partial charge in [-0.3, -0.25) is 4.79 Å². The molecule has 7 nitrogen and oxygen atoms in total. The van der Waals surface area contributed by atoms with Crippen molar-refractivity contribution < 1.29 is 9.53 Å². The maximum atomic E-state index is 12.5. The Labute approximate surface area is 180 Å². The molecule has 3 N–H and O–H groups in total. The summed E-state index contributed by atoms with van der Waals surface area (Å²) in [6.45, 7) is 2.55. The highest BCUT2D eigenvalue weighted by Gasteiger charge is 2.22. The Morgan fingerprint density at radius 3 is 2.83 bits per heavy atom. The van der Waals surface area contributed by atoms with Gasteiger partial charge in [-0.05, 0) is 61.6 Å². The molecule has 1 atom stereocenters. The number of aromatic nitrogens is 3. The third-order valence-corrected chi connectivity index (χ3v) is 6.07. The van der Waals surface area contributed by atoms with Gasteiger partial charge >= 0.3 is 0 Å². The SMILES string of the molecule is CCOc1ccc(-c2nnc(SCC(=O)N[C@H]3CCCc4ccccc43)n2N)cc1. The van der Waals surface area contributed by atoms with Gasteiger partial charge in [-0.25, -0.2) is 4.68 Å². The number of rotatable bonds is 7. The van der Waals surface area contributed by atoms with Crippen LogP contribution in [0.1, 0.15) is 36.9 Å². The minimum Gasteiger partial charge on any atom is -0.494 e. The maximum Gasteiger partial charge on any atom is 0.230 e. The molecule has 0 fully saturated rings. The zero-order chi connectivity index (χ0) is 20.9. The molecular formula is C22H25N5O2S. The Kier molecular flexibility index (Phi) is 6.23.